The number of rotatable bonds is 5. The third-order valence-electron chi connectivity index (χ3n) is 3.17. The van der Waals surface area contributed by atoms with Gasteiger partial charge in [-0.2, -0.15) is 5.10 Å². The van der Waals surface area contributed by atoms with E-state index in [4.69, 9.17) is 5.11 Å². The number of nitrogens with one attached hydrogen (secondary N) is 2. The van der Waals surface area contributed by atoms with Crippen molar-refractivity contribution in [1.82, 2.24) is 14.9 Å². The van der Waals surface area contributed by atoms with Gasteiger partial charge in [0.2, 0.25) is 10.0 Å². The van der Waals surface area contributed by atoms with Crippen molar-refractivity contribution in [1.29, 1.82) is 0 Å². The monoisotopic (exact) mass is 259 g/mol. The fourth-order valence-corrected chi connectivity index (χ4v) is 3.40. The van der Waals surface area contributed by atoms with Gasteiger partial charge in [0, 0.05) is 6.54 Å². The number of aryl methyl sites for hydroxylation is 1. The minimum atomic E-state index is -3.57. The molecule has 1 saturated carbocycles. The summed E-state index contributed by atoms with van der Waals surface area (Å²) in [7, 11) is -3.57. The second-order valence-corrected chi connectivity index (χ2v) is 6.14. The highest BCUT2D eigenvalue weighted by atomic mass is 32.2. The molecule has 96 valence electrons. The van der Waals surface area contributed by atoms with Gasteiger partial charge in [0.25, 0.3) is 0 Å². The number of hydrogen-bond acceptors (Lipinski definition) is 4. The first kappa shape index (κ1) is 12.5. The Morgan fingerprint density at radius 1 is 1.53 bits per heavy atom. The Bertz CT molecular complexity index is 491. The summed E-state index contributed by atoms with van der Waals surface area (Å²) in [6.45, 7) is 1.71. The zero-order chi connectivity index (χ0) is 12.5. The molecule has 0 bridgehead atoms. The first-order valence-corrected chi connectivity index (χ1v) is 7.17. The van der Waals surface area contributed by atoms with E-state index in [1.807, 2.05) is 0 Å². The molecular weight excluding hydrogens is 242 g/mol. The molecule has 1 aromatic heterocycles. The first-order valence-electron chi connectivity index (χ1n) is 5.69. The van der Waals surface area contributed by atoms with Crippen LogP contribution >= 0.6 is 0 Å². The van der Waals surface area contributed by atoms with Crippen LogP contribution in [0.25, 0.3) is 0 Å². The van der Waals surface area contributed by atoms with E-state index >= 15 is 0 Å². The number of nitrogens with zero attached hydrogens (tertiary/aromatic N) is 1. The van der Waals surface area contributed by atoms with Crippen LogP contribution in [0.4, 0.5) is 0 Å². The summed E-state index contributed by atoms with van der Waals surface area (Å²) >= 11 is 0. The zero-order valence-corrected chi connectivity index (χ0v) is 10.5. The zero-order valence-electron chi connectivity index (χ0n) is 9.73. The highest BCUT2D eigenvalue weighted by Crippen LogP contribution is 2.26. The van der Waals surface area contributed by atoms with Crippen LogP contribution in [0.1, 0.15) is 30.7 Å². The SMILES string of the molecule is Cc1[nH]nc(CO)c1S(=O)(=O)NCC1CCC1. The second-order valence-electron chi connectivity index (χ2n) is 4.43. The van der Waals surface area contributed by atoms with Crippen LogP contribution in [-0.2, 0) is 16.6 Å². The smallest absolute Gasteiger partial charge is 0.244 e. The van der Waals surface area contributed by atoms with Gasteiger partial charge in [-0.15, -0.1) is 0 Å². The van der Waals surface area contributed by atoms with Crippen LogP contribution in [-0.4, -0.2) is 30.3 Å². The van der Waals surface area contributed by atoms with Gasteiger partial charge >= 0.3 is 0 Å². The molecule has 0 atom stereocenters. The number of aliphatic hydroxyl groups is 1. The number of aliphatic hydroxyl groups excluding tert-OH is 1. The van der Waals surface area contributed by atoms with E-state index in [1.54, 1.807) is 6.92 Å². The Morgan fingerprint density at radius 3 is 2.76 bits per heavy atom. The third kappa shape index (κ3) is 2.51. The van der Waals surface area contributed by atoms with Gasteiger partial charge in [-0.25, -0.2) is 13.1 Å². The largest absolute Gasteiger partial charge is 0.390 e. The Labute approximate surface area is 100 Å². The van der Waals surface area contributed by atoms with Gasteiger partial charge < -0.3 is 5.11 Å². The molecule has 6 nitrogen and oxygen atoms in total. The Morgan fingerprint density at radius 2 is 2.24 bits per heavy atom. The quantitative estimate of drug-likeness (QED) is 0.708. The average molecular weight is 259 g/mol. The molecule has 0 aliphatic heterocycles. The molecule has 1 heterocycles. The van der Waals surface area contributed by atoms with Crippen LogP contribution in [0.15, 0.2) is 4.90 Å². The van der Waals surface area contributed by atoms with Crippen LogP contribution in [0.5, 0.6) is 0 Å². The summed E-state index contributed by atoms with van der Waals surface area (Å²) in [6, 6.07) is 0. The van der Waals surface area contributed by atoms with E-state index in [1.165, 1.54) is 6.42 Å². The predicted octanol–water partition coefficient (Wildman–Crippen LogP) is 0.289. The maximum atomic E-state index is 12.1. The fourth-order valence-electron chi connectivity index (χ4n) is 1.93. The normalized spacial score (nSPS) is 17.1. The van der Waals surface area contributed by atoms with Crippen molar-refractivity contribution in [3.63, 3.8) is 0 Å². The molecule has 1 aliphatic carbocycles. The van der Waals surface area contributed by atoms with Crippen molar-refractivity contribution >= 4 is 10.0 Å². The second kappa shape index (κ2) is 4.75. The first-order chi connectivity index (χ1) is 8.04. The lowest BCUT2D eigenvalue weighted by Gasteiger charge is -2.25. The average Bonchev–Trinajstić information content (AvgIpc) is 2.57. The molecule has 0 amide bonds. The summed E-state index contributed by atoms with van der Waals surface area (Å²) in [6.07, 6.45) is 3.35. The number of hydrogen-bond donors (Lipinski definition) is 3. The molecule has 1 aromatic rings. The van der Waals surface area contributed by atoms with Gasteiger partial charge in [-0.05, 0) is 25.7 Å². The van der Waals surface area contributed by atoms with Crippen LogP contribution in [0.2, 0.25) is 0 Å². The van der Waals surface area contributed by atoms with Gasteiger partial charge in [-0.3, -0.25) is 5.10 Å². The van der Waals surface area contributed by atoms with Crippen molar-refractivity contribution in [3.05, 3.63) is 11.4 Å². The standard InChI is InChI=1S/C10H17N3O3S/c1-7-10(9(6-14)13-12-7)17(15,16)11-5-8-3-2-4-8/h8,11,14H,2-6H2,1H3,(H,12,13). The molecule has 1 fully saturated rings. The van der Waals surface area contributed by atoms with E-state index in [0.717, 1.165) is 12.8 Å². The summed E-state index contributed by atoms with van der Waals surface area (Å²) in [5.41, 5.74) is 0.624. The summed E-state index contributed by atoms with van der Waals surface area (Å²) < 4.78 is 26.7. The number of H-pyrrole nitrogens is 1. The summed E-state index contributed by atoms with van der Waals surface area (Å²) in [5.74, 6) is 0.453. The highest BCUT2D eigenvalue weighted by Gasteiger charge is 2.26. The fraction of sp³-hybridized carbons (Fsp3) is 0.700. The van der Waals surface area contributed by atoms with Crippen LogP contribution < -0.4 is 4.72 Å². The molecule has 3 N–H and O–H groups in total. The molecular formula is C10H17N3O3S. The van der Waals surface area contributed by atoms with E-state index in [0.29, 0.717) is 18.2 Å². The van der Waals surface area contributed by atoms with Gasteiger partial charge in [0.05, 0.1) is 12.3 Å². The van der Waals surface area contributed by atoms with Crippen molar-refractivity contribution in [2.45, 2.75) is 37.7 Å². The molecule has 17 heavy (non-hydrogen) atoms. The van der Waals surface area contributed by atoms with Crippen LogP contribution in [0, 0.1) is 12.8 Å². The number of aromatic amines is 1. The minimum Gasteiger partial charge on any atom is -0.390 e. The molecule has 7 heteroatoms. The van der Waals surface area contributed by atoms with Gasteiger partial charge in [0.15, 0.2) is 0 Å². The van der Waals surface area contributed by atoms with E-state index in [-0.39, 0.29) is 17.2 Å². The Balaban J connectivity index is 2.15. The molecule has 0 aromatic carbocycles. The van der Waals surface area contributed by atoms with Crippen LogP contribution in [0.3, 0.4) is 0 Å². The van der Waals surface area contributed by atoms with E-state index in [9.17, 15) is 8.42 Å². The lowest BCUT2D eigenvalue weighted by atomic mass is 9.86. The summed E-state index contributed by atoms with van der Waals surface area (Å²) in [5, 5.41) is 15.4. The highest BCUT2D eigenvalue weighted by molar-refractivity contribution is 7.89. The lowest BCUT2D eigenvalue weighted by molar-refractivity contribution is 0.273. The molecule has 0 saturated heterocycles. The Kier molecular flexibility index (Phi) is 3.50. The summed E-state index contributed by atoms with van der Waals surface area (Å²) in [4.78, 5) is 0.0827. The van der Waals surface area contributed by atoms with Crippen molar-refractivity contribution in [2.75, 3.05) is 6.54 Å². The van der Waals surface area contributed by atoms with Gasteiger partial charge in [0.1, 0.15) is 10.6 Å². The predicted molar refractivity (Wildman–Crippen MR) is 61.8 cm³/mol. The molecule has 2 rings (SSSR count). The molecule has 0 radical (unpaired) electrons. The third-order valence-corrected chi connectivity index (χ3v) is 4.79. The topological polar surface area (TPSA) is 95.1 Å². The van der Waals surface area contributed by atoms with Crippen molar-refractivity contribution in [2.24, 2.45) is 5.92 Å². The maximum Gasteiger partial charge on any atom is 0.244 e. The van der Waals surface area contributed by atoms with Gasteiger partial charge in [-0.1, -0.05) is 6.42 Å². The lowest BCUT2D eigenvalue weighted by Crippen LogP contribution is -2.32. The van der Waals surface area contributed by atoms with Crippen molar-refractivity contribution < 1.29 is 13.5 Å². The number of aromatic nitrogens is 2. The molecule has 0 unspecified atom stereocenters. The number of sulfonamides is 1. The van der Waals surface area contributed by atoms with E-state index < -0.39 is 10.0 Å². The minimum absolute atomic E-state index is 0.0827. The molecule has 0 spiro atoms. The van der Waals surface area contributed by atoms with E-state index in [2.05, 4.69) is 14.9 Å². The van der Waals surface area contributed by atoms with Crippen molar-refractivity contribution in [3.8, 4) is 0 Å². The maximum absolute atomic E-state index is 12.1. The molecule has 1 aliphatic rings. The Hall–Kier alpha value is -0.920.